The van der Waals surface area contributed by atoms with Gasteiger partial charge in [-0.3, -0.25) is 4.79 Å². The summed E-state index contributed by atoms with van der Waals surface area (Å²) in [6, 6.07) is 7.87. The summed E-state index contributed by atoms with van der Waals surface area (Å²) in [7, 11) is 0. The predicted octanol–water partition coefficient (Wildman–Crippen LogP) is 2.94. The number of ether oxygens (including phenoxy) is 1. The third-order valence-electron chi connectivity index (χ3n) is 3.89. The molecule has 0 bridgehead atoms. The van der Waals surface area contributed by atoms with Crippen molar-refractivity contribution in [3.05, 3.63) is 29.8 Å². The highest BCUT2D eigenvalue weighted by Crippen LogP contribution is 2.18. The minimum atomic E-state index is 0.131. The first-order valence-electron chi connectivity index (χ1n) is 8.36. The highest BCUT2D eigenvalue weighted by atomic mass is 16.5. The maximum atomic E-state index is 12.8. The van der Waals surface area contributed by atoms with E-state index >= 15 is 0 Å². The molecule has 4 heteroatoms. The Morgan fingerprint density at radius 1 is 1.36 bits per heavy atom. The van der Waals surface area contributed by atoms with Crippen molar-refractivity contribution < 1.29 is 9.53 Å². The van der Waals surface area contributed by atoms with Crippen LogP contribution in [0.15, 0.2) is 24.3 Å². The fourth-order valence-corrected chi connectivity index (χ4v) is 2.72. The highest BCUT2D eigenvalue weighted by molar-refractivity contribution is 5.94. The van der Waals surface area contributed by atoms with Gasteiger partial charge in [-0.15, -0.1) is 0 Å². The van der Waals surface area contributed by atoms with E-state index in [4.69, 9.17) is 4.74 Å². The molecule has 0 radical (unpaired) electrons. The van der Waals surface area contributed by atoms with Crippen molar-refractivity contribution in [3.63, 3.8) is 0 Å². The highest BCUT2D eigenvalue weighted by Gasteiger charge is 2.26. The van der Waals surface area contributed by atoms with E-state index in [2.05, 4.69) is 26.1 Å². The van der Waals surface area contributed by atoms with E-state index in [1.807, 2.05) is 29.2 Å². The predicted molar refractivity (Wildman–Crippen MR) is 89.4 cm³/mol. The van der Waals surface area contributed by atoms with Gasteiger partial charge in [0, 0.05) is 24.7 Å². The monoisotopic (exact) mass is 304 g/mol. The molecule has 4 nitrogen and oxygen atoms in total. The lowest BCUT2D eigenvalue weighted by molar-refractivity contribution is 0.0692. The first-order valence-corrected chi connectivity index (χ1v) is 8.36. The van der Waals surface area contributed by atoms with E-state index in [9.17, 15) is 4.79 Å². The summed E-state index contributed by atoms with van der Waals surface area (Å²) in [6.07, 6.45) is 2.03. The summed E-state index contributed by atoms with van der Waals surface area (Å²) in [5.41, 5.74) is 0.747. The standard InChI is InChI=1S/C18H28N2O2/c1-4-11-20(16-9-10-19-12-16)18(21)15-5-7-17(8-6-15)22-13-14(2)3/h5-8,14,16,19H,4,9-13H2,1-3H3. The van der Waals surface area contributed by atoms with Gasteiger partial charge in [-0.2, -0.15) is 0 Å². The Morgan fingerprint density at radius 2 is 2.09 bits per heavy atom. The van der Waals surface area contributed by atoms with Gasteiger partial charge in [0.25, 0.3) is 5.91 Å². The average Bonchev–Trinajstić information content (AvgIpc) is 3.04. The summed E-state index contributed by atoms with van der Waals surface area (Å²) in [5.74, 6) is 1.46. The maximum Gasteiger partial charge on any atom is 0.254 e. The Kier molecular flexibility index (Phi) is 6.25. The van der Waals surface area contributed by atoms with Crippen molar-refractivity contribution >= 4 is 5.91 Å². The van der Waals surface area contributed by atoms with Crippen molar-refractivity contribution in [2.75, 3.05) is 26.2 Å². The molecule has 1 atom stereocenters. The number of carbonyl (C=O) groups is 1. The summed E-state index contributed by atoms with van der Waals surface area (Å²) in [5, 5.41) is 3.34. The van der Waals surface area contributed by atoms with E-state index in [0.29, 0.717) is 18.6 Å². The normalized spacial score (nSPS) is 17.7. The third kappa shape index (κ3) is 4.47. The smallest absolute Gasteiger partial charge is 0.254 e. The lowest BCUT2D eigenvalue weighted by Gasteiger charge is -2.28. The first kappa shape index (κ1) is 16.8. The van der Waals surface area contributed by atoms with Gasteiger partial charge in [0.2, 0.25) is 0 Å². The number of carbonyl (C=O) groups excluding carboxylic acids is 1. The number of benzene rings is 1. The van der Waals surface area contributed by atoms with Gasteiger partial charge >= 0.3 is 0 Å². The molecule has 1 fully saturated rings. The zero-order chi connectivity index (χ0) is 15.9. The minimum absolute atomic E-state index is 0.131. The number of nitrogens with one attached hydrogen (secondary N) is 1. The van der Waals surface area contributed by atoms with Gasteiger partial charge in [0.1, 0.15) is 5.75 Å². The largest absolute Gasteiger partial charge is 0.493 e. The molecular weight excluding hydrogens is 276 g/mol. The summed E-state index contributed by atoms with van der Waals surface area (Å²) >= 11 is 0. The van der Waals surface area contributed by atoms with Gasteiger partial charge in [-0.25, -0.2) is 0 Å². The molecule has 0 aromatic heterocycles. The molecule has 1 unspecified atom stereocenters. The molecule has 0 saturated carbocycles. The van der Waals surface area contributed by atoms with Crippen LogP contribution in [0.5, 0.6) is 5.75 Å². The molecule has 0 aliphatic carbocycles. The van der Waals surface area contributed by atoms with Crippen LogP contribution in [-0.4, -0.2) is 43.1 Å². The first-order chi connectivity index (χ1) is 10.6. The molecule has 1 aromatic carbocycles. The van der Waals surface area contributed by atoms with Crippen LogP contribution in [-0.2, 0) is 0 Å². The van der Waals surface area contributed by atoms with Crippen molar-refractivity contribution in [2.24, 2.45) is 5.92 Å². The van der Waals surface area contributed by atoms with Crippen LogP contribution in [0.1, 0.15) is 44.0 Å². The SMILES string of the molecule is CCCN(C(=O)c1ccc(OCC(C)C)cc1)C1CCNC1. The van der Waals surface area contributed by atoms with Crippen molar-refractivity contribution in [1.29, 1.82) is 0 Å². The fraction of sp³-hybridized carbons (Fsp3) is 0.611. The van der Waals surface area contributed by atoms with Gasteiger partial charge in [0.05, 0.1) is 6.61 Å². The lowest BCUT2D eigenvalue weighted by Crippen LogP contribution is -2.42. The average molecular weight is 304 g/mol. The second-order valence-electron chi connectivity index (χ2n) is 6.37. The number of nitrogens with zero attached hydrogens (tertiary/aromatic N) is 1. The lowest BCUT2D eigenvalue weighted by atomic mass is 10.1. The zero-order valence-corrected chi connectivity index (χ0v) is 14.0. The molecule has 1 heterocycles. The zero-order valence-electron chi connectivity index (χ0n) is 14.0. The van der Waals surface area contributed by atoms with Crippen LogP contribution in [0, 0.1) is 5.92 Å². The van der Waals surface area contributed by atoms with E-state index in [0.717, 1.165) is 43.8 Å². The maximum absolute atomic E-state index is 12.8. The molecule has 1 N–H and O–H groups in total. The van der Waals surface area contributed by atoms with Gasteiger partial charge in [-0.05, 0) is 49.6 Å². The fourth-order valence-electron chi connectivity index (χ4n) is 2.72. The Hall–Kier alpha value is -1.55. The topological polar surface area (TPSA) is 41.6 Å². The Labute approximate surface area is 133 Å². The van der Waals surface area contributed by atoms with E-state index in [1.165, 1.54) is 0 Å². The summed E-state index contributed by atoms with van der Waals surface area (Å²) in [4.78, 5) is 14.8. The molecule has 22 heavy (non-hydrogen) atoms. The van der Waals surface area contributed by atoms with Gasteiger partial charge < -0.3 is 15.0 Å². The second kappa shape index (κ2) is 8.18. The van der Waals surface area contributed by atoms with Crippen LogP contribution in [0.4, 0.5) is 0 Å². The van der Waals surface area contributed by atoms with Crippen molar-refractivity contribution in [3.8, 4) is 5.75 Å². The Morgan fingerprint density at radius 3 is 2.64 bits per heavy atom. The quantitative estimate of drug-likeness (QED) is 0.842. The van der Waals surface area contributed by atoms with Crippen molar-refractivity contribution in [1.82, 2.24) is 10.2 Å². The van der Waals surface area contributed by atoms with E-state index in [1.54, 1.807) is 0 Å². The number of rotatable bonds is 7. The van der Waals surface area contributed by atoms with E-state index < -0.39 is 0 Å². The van der Waals surface area contributed by atoms with Crippen LogP contribution < -0.4 is 10.1 Å². The molecule has 1 aromatic rings. The Balaban J connectivity index is 2.03. The molecule has 1 amide bonds. The van der Waals surface area contributed by atoms with Crippen molar-refractivity contribution in [2.45, 2.75) is 39.7 Å². The molecule has 1 saturated heterocycles. The van der Waals surface area contributed by atoms with Crippen LogP contribution >= 0.6 is 0 Å². The molecule has 1 aliphatic rings. The molecule has 1 aliphatic heterocycles. The summed E-state index contributed by atoms with van der Waals surface area (Å²) in [6.45, 7) is 9.78. The molecule has 122 valence electrons. The number of hydrogen-bond donors (Lipinski definition) is 1. The number of hydrogen-bond acceptors (Lipinski definition) is 3. The molecule has 0 spiro atoms. The minimum Gasteiger partial charge on any atom is -0.493 e. The van der Waals surface area contributed by atoms with Crippen LogP contribution in [0.2, 0.25) is 0 Å². The number of amides is 1. The Bertz CT molecular complexity index is 464. The van der Waals surface area contributed by atoms with Crippen LogP contribution in [0.25, 0.3) is 0 Å². The summed E-state index contributed by atoms with van der Waals surface area (Å²) < 4.78 is 5.68. The second-order valence-corrected chi connectivity index (χ2v) is 6.37. The van der Waals surface area contributed by atoms with Crippen LogP contribution in [0.3, 0.4) is 0 Å². The molecular formula is C18H28N2O2. The van der Waals surface area contributed by atoms with E-state index in [-0.39, 0.29) is 5.91 Å². The van der Waals surface area contributed by atoms with Gasteiger partial charge in [0.15, 0.2) is 0 Å². The molecule has 2 rings (SSSR count). The third-order valence-corrected chi connectivity index (χ3v) is 3.89. The van der Waals surface area contributed by atoms with Gasteiger partial charge in [-0.1, -0.05) is 20.8 Å².